The van der Waals surface area contributed by atoms with Crippen LogP contribution >= 0.6 is 23.2 Å². The van der Waals surface area contributed by atoms with Crippen LogP contribution in [0.1, 0.15) is 36.6 Å². The summed E-state index contributed by atoms with van der Waals surface area (Å²) < 4.78 is 0. The number of benzene rings is 2. The molecule has 1 fully saturated rings. The number of piperidine rings is 1. The molecule has 0 radical (unpaired) electrons. The van der Waals surface area contributed by atoms with Gasteiger partial charge in [0.05, 0.1) is 0 Å². The maximum atomic E-state index is 12.4. The van der Waals surface area contributed by atoms with Gasteiger partial charge in [0.1, 0.15) is 5.78 Å². The summed E-state index contributed by atoms with van der Waals surface area (Å²) in [5, 5.41) is 5.00. The lowest BCUT2D eigenvalue weighted by Crippen LogP contribution is -2.41. The molecule has 3 rings (SSSR count). The normalized spacial score (nSPS) is 25.2. The summed E-state index contributed by atoms with van der Waals surface area (Å²) in [5.41, 5.74) is 2.17. The van der Waals surface area contributed by atoms with Gasteiger partial charge in [-0.05, 0) is 35.4 Å². The second kappa shape index (κ2) is 6.41. The van der Waals surface area contributed by atoms with Crippen molar-refractivity contribution in [2.75, 3.05) is 0 Å². The van der Waals surface area contributed by atoms with Crippen LogP contribution in [0.25, 0.3) is 0 Å². The van der Waals surface area contributed by atoms with Gasteiger partial charge in [-0.25, -0.2) is 0 Å². The molecule has 114 valence electrons. The Balaban J connectivity index is 1.88. The van der Waals surface area contributed by atoms with E-state index >= 15 is 0 Å². The number of Topliss-reactive ketones (excluding diaryl/α,β-unsaturated/α-hetero) is 1. The van der Waals surface area contributed by atoms with Gasteiger partial charge in [0.2, 0.25) is 0 Å². The number of nitrogens with one attached hydrogen (secondary N) is 1. The van der Waals surface area contributed by atoms with E-state index in [4.69, 9.17) is 23.2 Å². The predicted molar refractivity (Wildman–Crippen MR) is 90.3 cm³/mol. The van der Waals surface area contributed by atoms with E-state index in [0.717, 1.165) is 11.1 Å². The first-order chi connectivity index (χ1) is 10.5. The zero-order chi connectivity index (χ0) is 15.7. The Hall–Kier alpha value is -1.35. The van der Waals surface area contributed by atoms with Gasteiger partial charge >= 0.3 is 0 Å². The summed E-state index contributed by atoms with van der Waals surface area (Å²) in [6.45, 7) is 1.98. The van der Waals surface area contributed by atoms with Crippen molar-refractivity contribution >= 4 is 29.0 Å². The van der Waals surface area contributed by atoms with Gasteiger partial charge in [-0.2, -0.15) is 0 Å². The summed E-state index contributed by atoms with van der Waals surface area (Å²) in [4.78, 5) is 12.4. The molecule has 1 N–H and O–H groups in total. The van der Waals surface area contributed by atoms with Gasteiger partial charge in [-0.15, -0.1) is 0 Å². The minimum atomic E-state index is -0.0512. The molecule has 0 amide bonds. The number of hydrogen-bond donors (Lipinski definition) is 1. The Morgan fingerprint density at radius 1 is 0.909 bits per heavy atom. The van der Waals surface area contributed by atoms with Crippen molar-refractivity contribution in [2.24, 2.45) is 5.92 Å². The maximum absolute atomic E-state index is 12.4. The third-order valence-electron chi connectivity index (χ3n) is 4.30. The van der Waals surface area contributed by atoms with Crippen LogP contribution in [0, 0.1) is 5.92 Å². The van der Waals surface area contributed by atoms with Gasteiger partial charge in [0.25, 0.3) is 0 Å². The number of ketones is 1. The number of halogens is 2. The highest BCUT2D eigenvalue weighted by Crippen LogP contribution is 2.35. The molecule has 2 aromatic carbocycles. The average molecular weight is 334 g/mol. The highest BCUT2D eigenvalue weighted by atomic mass is 35.5. The molecule has 0 aliphatic carbocycles. The van der Waals surface area contributed by atoms with Crippen LogP contribution < -0.4 is 5.32 Å². The third-order valence-corrected chi connectivity index (χ3v) is 4.80. The number of hydrogen-bond acceptors (Lipinski definition) is 2. The summed E-state index contributed by atoms with van der Waals surface area (Å²) >= 11 is 11.9. The molecule has 1 aliphatic rings. The van der Waals surface area contributed by atoms with Crippen molar-refractivity contribution < 1.29 is 4.79 Å². The van der Waals surface area contributed by atoms with Crippen LogP contribution in [0.4, 0.5) is 0 Å². The molecule has 2 nitrogen and oxygen atoms in total. The molecule has 2 aromatic rings. The van der Waals surface area contributed by atoms with Crippen molar-refractivity contribution in [3.8, 4) is 0 Å². The van der Waals surface area contributed by atoms with Crippen LogP contribution in [0.15, 0.2) is 48.5 Å². The van der Waals surface area contributed by atoms with Crippen molar-refractivity contribution in [2.45, 2.75) is 25.4 Å². The minimum Gasteiger partial charge on any atom is -0.302 e. The topological polar surface area (TPSA) is 29.1 Å². The number of carbonyl (C=O) groups is 1. The van der Waals surface area contributed by atoms with E-state index in [1.54, 1.807) is 0 Å². The highest BCUT2D eigenvalue weighted by molar-refractivity contribution is 6.30. The fourth-order valence-corrected chi connectivity index (χ4v) is 3.21. The maximum Gasteiger partial charge on any atom is 0.139 e. The molecule has 1 heterocycles. The zero-order valence-corrected chi connectivity index (χ0v) is 13.7. The van der Waals surface area contributed by atoms with E-state index < -0.39 is 0 Å². The molecule has 0 aromatic heterocycles. The molecule has 4 heteroatoms. The summed E-state index contributed by atoms with van der Waals surface area (Å²) in [7, 11) is 0. The second-order valence-electron chi connectivity index (χ2n) is 5.76. The van der Waals surface area contributed by atoms with E-state index in [1.165, 1.54) is 0 Å². The first-order valence-corrected chi connectivity index (χ1v) is 8.10. The first kappa shape index (κ1) is 15.5. The van der Waals surface area contributed by atoms with Crippen molar-refractivity contribution in [3.63, 3.8) is 0 Å². The zero-order valence-electron chi connectivity index (χ0n) is 12.2. The Bertz CT molecular complexity index is 666. The van der Waals surface area contributed by atoms with Crippen molar-refractivity contribution in [1.29, 1.82) is 0 Å². The van der Waals surface area contributed by atoms with E-state index in [0.29, 0.717) is 16.5 Å². The standard InChI is InChI=1S/C18H17Cl2NO/c1-11-17(22)10-16(12-2-6-14(19)7-3-12)21-18(11)13-4-8-15(20)9-5-13/h2-9,11,16,18,21H,10H2,1H3. The molecular weight excluding hydrogens is 317 g/mol. The van der Waals surface area contributed by atoms with Gasteiger partial charge in [0.15, 0.2) is 0 Å². The number of carbonyl (C=O) groups excluding carboxylic acids is 1. The summed E-state index contributed by atoms with van der Waals surface area (Å²) in [6, 6.07) is 15.4. The molecule has 0 saturated carbocycles. The Kier molecular flexibility index (Phi) is 4.53. The van der Waals surface area contributed by atoms with Gasteiger partial charge < -0.3 is 5.32 Å². The average Bonchev–Trinajstić information content (AvgIpc) is 2.52. The van der Waals surface area contributed by atoms with Gasteiger partial charge in [-0.3, -0.25) is 4.79 Å². The first-order valence-electron chi connectivity index (χ1n) is 7.34. The van der Waals surface area contributed by atoms with Gasteiger partial charge in [-0.1, -0.05) is 54.4 Å². The summed E-state index contributed by atoms with van der Waals surface area (Å²) in [6.07, 6.45) is 0.507. The Labute approximate surface area is 140 Å². The summed E-state index contributed by atoms with van der Waals surface area (Å²) in [5.74, 6) is 0.225. The second-order valence-corrected chi connectivity index (χ2v) is 6.63. The van der Waals surface area contributed by atoms with Crippen LogP contribution in [0.5, 0.6) is 0 Å². The lowest BCUT2D eigenvalue weighted by atomic mass is 9.82. The number of rotatable bonds is 2. The molecular formula is C18H17Cl2NO. The molecule has 0 spiro atoms. The minimum absolute atomic E-state index is 0.000746. The molecule has 0 bridgehead atoms. The lowest BCUT2D eigenvalue weighted by Gasteiger charge is -2.35. The van der Waals surface area contributed by atoms with E-state index in [1.807, 2.05) is 55.5 Å². The van der Waals surface area contributed by atoms with E-state index in [2.05, 4.69) is 5.32 Å². The van der Waals surface area contributed by atoms with E-state index in [-0.39, 0.29) is 23.8 Å². The quantitative estimate of drug-likeness (QED) is 0.840. The van der Waals surface area contributed by atoms with Crippen LogP contribution in [0.3, 0.4) is 0 Å². The smallest absolute Gasteiger partial charge is 0.139 e. The third kappa shape index (κ3) is 3.19. The Morgan fingerprint density at radius 2 is 1.41 bits per heavy atom. The monoisotopic (exact) mass is 333 g/mol. The van der Waals surface area contributed by atoms with Crippen molar-refractivity contribution in [1.82, 2.24) is 5.32 Å². The van der Waals surface area contributed by atoms with E-state index in [9.17, 15) is 4.79 Å². The molecule has 1 saturated heterocycles. The molecule has 1 aliphatic heterocycles. The molecule has 22 heavy (non-hydrogen) atoms. The Morgan fingerprint density at radius 3 is 1.95 bits per heavy atom. The predicted octanol–water partition coefficient (Wildman–Crippen LogP) is 4.97. The van der Waals surface area contributed by atoms with Crippen LogP contribution in [-0.4, -0.2) is 5.78 Å². The highest BCUT2D eigenvalue weighted by Gasteiger charge is 2.34. The largest absolute Gasteiger partial charge is 0.302 e. The fourth-order valence-electron chi connectivity index (χ4n) is 2.96. The SMILES string of the molecule is CC1C(=O)CC(c2ccc(Cl)cc2)NC1c1ccc(Cl)cc1. The molecule has 3 atom stereocenters. The lowest BCUT2D eigenvalue weighted by molar-refractivity contribution is -0.126. The van der Waals surface area contributed by atoms with Crippen molar-refractivity contribution in [3.05, 3.63) is 69.7 Å². The van der Waals surface area contributed by atoms with Crippen LogP contribution in [0.2, 0.25) is 10.0 Å². The van der Waals surface area contributed by atoms with Gasteiger partial charge in [0, 0.05) is 34.5 Å². The molecule has 3 unspecified atom stereocenters. The fraction of sp³-hybridized carbons (Fsp3) is 0.278. The van der Waals surface area contributed by atoms with Crippen LogP contribution in [-0.2, 0) is 4.79 Å².